The fourth-order valence-electron chi connectivity index (χ4n) is 10.4. The highest BCUT2D eigenvalue weighted by Crippen LogP contribution is 2.81. The Bertz CT molecular complexity index is 998. The predicted octanol–water partition coefficient (Wildman–Crippen LogP) is 4.49. The first-order valence-corrected chi connectivity index (χ1v) is 13.4. The molecule has 0 N–H and O–H groups in total. The Morgan fingerprint density at radius 2 is 1.97 bits per heavy atom. The second-order valence-electron chi connectivity index (χ2n) is 12.8. The molecular formula is C28H36O5. The van der Waals surface area contributed by atoms with Gasteiger partial charge in [-0.1, -0.05) is 26.3 Å². The van der Waals surface area contributed by atoms with Crippen LogP contribution in [0.3, 0.4) is 0 Å². The first-order chi connectivity index (χ1) is 15.8. The van der Waals surface area contributed by atoms with Gasteiger partial charge in [-0.25, -0.2) is 0 Å². The van der Waals surface area contributed by atoms with E-state index in [1.165, 1.54) is 5.57 Å². The molecule has 6 fully saturated rings. The summed E-state index contributed by atoms with van der Waals surface area (Å²) >= 11 is 0. The van der Waals surface area contributed by atoms with Crippen LogP contribution in [-0.4, -0.2) is 29.9 Å². The van der Waals surface area contributed by atoms with E-state index in [0.29, 0.717) is 49.0 Å². The largest absolute Gasteiger partial charge is 0.465 e. The molecule has 11 atom stereocenters. The molecule has 0 radical (unpaired) electrons. The van der Waals surface area contributed by atoms with E-state index in [9.17, 15) is 14.4 Å². The average Bonchev–Trinajstić information content (AvgIpc) is 3.69. The van der Waals surface area contributed by atoms with E-state index in [-0.39, 0.29) is 51.9 Å². The van der Waals surface area contributed by atoms with Gasteiger partial charge in [-0.15, -0.1) is 0 Å². The molecule has 5 heteroatoms. The molecule has 33 heavy (non-hydrogen) atoms. The summed E-state index contributed by atoms with van der Waals surface area (Å²) in [5, 5.41) is 0. The molecular weight excluding hydrogens is 416 g/mol. The van der Waals surface area contributed by atoms with Gasteiger partial charge in [0.2, 0.25) is 0 Å². The van der Waals surface area contributed by atoms with Gasteiger partial charge in [-0.3, -0.25) is 14.4 Å². The second kappa shape index (κ2) is 6.31. The molecule has 1 saturated heterocycles. The van der Waals surface area contributed by atoms with Gasteiger partial charge < -0.3 is 9.47 Å². The van der Waals surface area contributed by atoms with Crippen LogP contribution in [-0.2, 0) is 23.9 Å². The minimum atomic E-state index is -0.316. The topological polar surface area (TPSA) is 69.7 Å². The standard InChI is InChI=1S/C28H36O5/c1-4-9-32-25(31)17-10-14-11-21(29)15-12-19(15)27(14,3)18-5-7-26(2)24(23(17)18)16-13-20(16)28(26)8-6-22(30)33-28/h11,15-20,23-24H,4-10,12-13H2,1-3H3/t15-,16-,17-,18+,19+,20+,23-,24+,26+,27+,28?/m1/s1. The third-order valence-corrected chi connectivity index (χ3v) is 11.8. The van der Waals surface area contributed by atoms with E-state index in [2.05, 4.69) is 13.8 Å². The fourth-order valence-corrected chi connectivity index (χ4v) is 10.4. The van der Waals surface area contributed by atoms with Gasteiger partial charge in [0.25, 0.3) is 0 Å². The molecule has 0 aromatic heterocycles. The SMILES string of the molecule is CCCOC(=O)[C@@H]1CC2=CC(=O)[C@@H]3C[C@@H]3[C@]2(C)[C@H]2CC[C@@]3(C)[C@@H]([C@@H]4C[C@@H]4C34CCC(=O)O4)[C@H]12. The average molecular weight is 453 g/mol. The lowest BCUT2D eigenvalue weighted by Gasteiger charge is -2.61. The van der Waals surface area contributed by atoms with Crippen molar-refractivity contribution in [1.82, 2.24) is 0 Å². The molecule has 1 heterocycles. The zero-order chi connectivity index (χ0) is 22.9. The Labute approximate surface area is 196 Å². The maximum absolute atomic E-state index is 13.5. The normalized spacial score (nSPS) is 54.9. The molecule has 5 saturated carbocycles. The molecule has 5 nitrogen and oxygen atoms in total. The molecule has 1 aliphatic heterocycles. The van der Waals surface area contributed by atoms with Crippen LogP contribution in [0.15, 0.2) is 11.6 Å². The summed E-state index contributed by atoms with van der Waals surface area (Å²) in [6, 6.07) is 0. The molecule has 0 bridgehead atoms. The number of carbonyl (C=O) groups is 3. The lowest BCUT2D eigenvalue weighted by Crippen LogP contribution is -2.60. The lowest BCUT2D eigenvalue weighted by molar-refractivity contribution is -0.187. The van der Waals surface area contributed by atoms with Crippen molar-refractivity contribution in [1.29, 1.82) is 0 Å². The zero-order valence-corrected chi connectivity index (χ0v) is 20.1. The van der Waals surface area contributed by atoms with E-state index in [0.717, 1.165) is 38.5 Å². The highest BCUT2D eigenvalue weighted by molar-refractivity contribution is 5.96. The Kier molecular flexibility index (Phi) is 3.96. The van der Waals surface area contributed by atoms with Gasteiger partial charge in [-0.2, -0.15) is 0 Å². The lowest BCUT2D eigenvalue weighted by atomic mass is 9.43. The van der Waals surface area contributed by atoms with Gasteiger partial charge in [0.1, 0.15) is 5.60 Å². The van der Waals surface area contributed by atoms with Crippen LogP contribution in [0.2, 0.25) is 0 Å². The third-order valence-electron chi connectivity index (χ3n) is 11.8. The number of allylic oxidation sites excluding steroid dienone is 1. The minimum Gasteiger partial charge on any atom is -0.465 e. The van der Waals surface area contributed by atoms with Crippen LogP contribution in [0.5, 0.6) is 0 Å². The van der Waals surface area contributed by atoms with Crippen molar-refractivity contribution in [3.8, 4) is 0 Å². The van der Waals surface area contributed by atoms with Gasteiger partial charge in [-0.05, 0) is 86.0 Å². The molecule has 6 aliphatic carbocycles. The van der Waals surface area contributed by atoms with Crippen molar-refractivity contribution in [2.24, 2.45) is 58.2 Å². The van der Waals surface area contributed by atoms with Crippen LogP contribution >= 0.6 is 0 Å². The van der Waals surface area contributed by atoms with E-state index in [1.54, 1.807) is 0 Å². The van der Waals surface area contributed by atoms with Gasteiger partial charge in [0.05, 0.1) is 12.5 Å². The number of esters is 2. The van der Waals surface area contributed by atoms with Gasteiger partial charge in [0, 0.05) is 23.7 Å². The molecule has 0 aromatic carbocycles. The molecule has 7 aliphatic rings. The summed E-state index contributed by atoms with van der Waals surface area (Å²) < 4.78 is 12.0. The van der Waals surface area contributed by atoms with Crippen LogP contribution in [0.25, 0.3) is 0 Å². The number of ketones is 1. The summed E-state index contributed by atoms with van der Waals surface area (Å²) in [6.07, 6.45) is 9.07. The molecule has 178 valence electrons. The molecule has 7 rings (SSSR count). The highest BCUT2D eigenvalue weighted by atomic mass is 16.6. The summed E-state index contributed by atoms with van der Waals surface area (Å²) in [6.45, 7) is 7.28. The maximum atomic E-state index is 13.5. The number of hydrogen-bond donors (Lipinski definition) is 0. The van der Waals surface area contributed by atoms with Crippen LogP contribution in [0.4, 0.5) is 0 Å². The van der Waals surface area contributed by atoms with Crippen molar-refractivity contribution in [2.75, 3.05) is 6.61 Å². The molecule has 1 unspecified atom stereocenters. The Hall–Kier alpha value is -1.65. The zero-order valence-electron chi connectivity index (χ0n) is 20.1. The smallest absolute Gasteiger partial charge is 0.309 e. The number of hydrogen-bond acceptors (Lipinski definition) is 5. The summed E-state index contributed by atoms with van der Waals surface area (Å²) in [4.78, 5) is 38.6. The molecule has 1 spiro atoms. The van der Waals surface area contributed by atoms with Crippen LogP contribution in [0, 0.1) is 58.2 Å². The Balaban J connectivity index is 1.33. The third kappa shape index (κ3) is 2.33. The molecule has 0 aromatic rings. The minimum absolute atomic E-state index is 0.0264. The quantitative estimate of drug-likeness (QED) is 0.591. The van der Waals surface area contributed by atoms with Crippen molar-refractivity contribution in [3.63, 3.8) is 0 Å². The van der Waals surface area contributed by atoms with Crippen LogP contribution in [0.1, 0.15) is 72.1 Å². The Morgan fingerprint density at radius 1 is 1.15 bits per heavy atom. The number of rotatable bonds is 3. The summed E-state index contributed by atoms with van der Waals surface area (Å²) in [5.74, 6) is 2.77. The van der Waals surface area contributed by atoms with Crippen molar-refractivity contribution in [3.05, 3.63) is 11.6 Å². The number of ether oxygens (including phenoxy) is 2. The van der Waals surface area contributed by atoms with E-state index < -0.39 is 0 Å². The first-order valence-electron chi connectivity index (χ1n) is 13.4. The van der Waals surface area contributed by atoms with Crippen molar-refractivity contribution >= 4 is 17.7 Å². The first kappa shape index (κ1) is 20.7. The fraction of sp³-hybridized carbons (Fsp3) is 0.821. The van der Waals surface area contributed by atoms with Gasteiger partial charge in [0.15, 0.2) is 5.78 Å². The summed E-state index contributed by atoms with van der Waals surface area (Å²) in [7, 11) is 0. The van der Waals surface area contributed by atoms with Crippen molar-refractivity contribution in [2.45, 2.75) is 77.7 Å². The predicted molar refractivity (Wildman–Crippen MR) is 120 cm³/mol. The van der Waals surface area contributed by atoms with Crippen molar-refractivity contribution < 1.29 is 23.9 Å². The number of fused-ring (bicyclic) bond motifs is 11. The van der Waals surface area contributed by atoms with Crippen LogP contribution < -0.4 is 0 Å². The van der Waals surface area contributed by atoms with Gasteiger partial charge >= 0.3 is 11.9 Å². The summed E-state index contributed by atoms with van der Waals surface area (Å²) in [5.41, 5.74) is 0.881. The number of carbonyl (C=O) groups excluding carboxylic acids is 3. The van der Waals surface area contributed by atoms with E-state index in [4.69, 9.17) is 9.47 Å². The van der Waals surface area contributed by atoms with E-state index >= 15 is 0 Å². The highest BCUT2D eigenvalue weighted by Gasteiger charge is 2.80. The van der Waals surface area contributed by atoms with E-state index in [1.807, 2.05) is 13.0 Å². The Morgan fingerprint density at radius 3 is 2.70 bits per heavy atom. The second-order valence-corrected chi connectivity index (χ2v) is 12.8. The maximum Gasteiger partial charge on any atom is 0.309 e. The monoisotopic (exact) mass is 452 g/mol. The molecule has 0 amide bonds.